The van der Waals surface area contributed by atoms with Gasteiger partial charge < -0.3 is 0 Å². The molecule has 0 heterocycles. The average Bonchev–Trinajstić information content (AvgIpc) is 0.918. The van der Waals surface area contributed by atoms with Gasteiger partial charge in [0.1, 0.15) is 17.9 Å². The normalized spacial score (nSPS) is 6.00. The molecule has 0 aromatic heterocycles. The van der Waals surface area contributed by atoms with Crippen molar-refractivity contribution < 1.29 is 4.57 Å². The molecule has 0 N–H and O–H groups in total. The van der Waals surface area contributed by atoms with Crippen LogP contribution in [0.4, 0.5) is 0 Å². The summed E-state index contributed by atoms with van der Waals surface area (Å²) >= 11 is 0. The minimum atomic E-state index is 0. The monoisotopic (exact) mass is 108 g/mol. The first-order valence-electron chi connectivity index (χ1n) is 0.630. The van der Waals surface area contributed by atoms with Gasteiger partial charge in [-0.1, -0.05) is 0 Å². The van der Waals surface area contributed by atoms with Gasteiger partial charge in [0, 0.05) is 0 Å². The van der Waals surface area contributed by atoms with Gasteiger partial charge in [0.15, 0.2) is 17.4 Å². The van der Waals surface area contributed by atoms with Crippen molar-refractivity contribution in [2.45, 2.75) is 0 Å². The quantitative estimate of drug-likeness (QED) is 0.269. The fourth-order valence-corrected chi connectivity index (χ4v) is 0. The summed E-state index contributed by atoms with van der Waals surface area (Å²) in [4.78, 5) is 0. The molecular weight excluding hydrogens is 102 g/mol. The molecule has 0 rings (SSSR count). The highest BCUT2D eigenvalue weighted by Gasteiger charge is 1.28. The Morgan fingerprint density at radius 1 is 1.75 bits per heavy atom. The fraction of sp³-hybridized carbons (Fsp3) is 0. The van der Waals surface area contributed by atoms with Crippen LogP contribution in [-0.2, 0) is 4.57 Å². The number of rotatable bonds is 0. The Balaban J connectivity index is 0. The summed E-state index contributed by atoms with van der Waals surface area (Å²) in [6.07, 6.45) is 0. The maximum atomic E-state index is 8.96. The molecule has 0 aliphatic rings. The minimum absolute atomic E-state index is 0. The second kappa shape index (κ2) is 9.14. The molecule has 0 atom stereocenters. The van der Waals surface area contributed by atoms with Crippen LogP contribution in [0.15, 0.2) is 0 Å². The lowest BCUT2D eigenvalue weighted by Crippen LogP contribution is -1.08. The Labute approximate surface area is 40.4 Å². The summed E-state index contributed by atoms with van der Waals surface area (Å²) in [5.74, 6) is 0. The summed E-state index contributed by atoms with van der Waals surface area (Å²) in [5, 5.41) is 0. The Bertz CT molecular complexity index is 15.5. The van der Waals surface area contributed by atoms with Gasteiger partial charge in [-0.25, -0.2) is 0 Å². The van der Waals surface area contributed by atoms with Gasteiger partial charge in [0.25, 0.3) is 0 Å². The van der Waals surface area contributed by atoms with E-state index < -0.39 is 0 Å². The Kier molecular flexibility index (Phi) is 20.2. The molecule has 0 aromatic carbocycles. The highest BCUT2D eigenvalue weighted by Crippen LogP contribution is 1.64. The fourth-order valence-electron chi connectivity index (χ4n) is 0. The van der Waals surface area contributed by atoms with E-state index in [-0.39, 0.29) is 17.4 Å². The van der Waals surface area contributed by atoms with E-state index >= 15 is 0 Å². The molecule has 0 bridgehead atoms. The zero-order valence-electron chi connectivity index (χ0n) is 1.86. The van der Waals surface area contributed by atoms with E-state index in [1.807, 2.05) is 0 Å². The summed E-state index contributed by atoms with van der Waals surface area (Å²) in [6, 6.07) is 0. The Morgan fingerprint density at radius 2 is 1.75 bits per heavy atom. The molecule has 0 spiro atoms. The molecule has 0 fully saturated rings. The molecule has 0 unspecified atom stereocenters. The van der Waals surface area contributed by atoms with E-state index in [2.05, 4.69) is 0 Å². The largest absolute Gasteiger partial charge is 0.283 e. The molecule has 0 aliphatic heterocycles. The lowest BCUT2D eigenvalue weighted by atomic mass is 16.0. The van der Waals surface area contributed by atoms with Gasteiger partial charge in [-0.05, 0) is 0 Å². The van der Waals surface area contributed by atoms with Gasteiger partial charge in [-0.15, -0.1) is 0 Å². The third kappa shape index (κ3) is 13.5. The van der Waals surface area contributed by atoms with Crippen molar-refractivity contribution in [2.75, 3.05) is 0 Å². The van der Waals surface area contributed by atoms with Crippen LogP contribution in [0.25, 0.3) is 0 Å². The van der Waals surface area contributed by atoms with E-state index in [1.165, 1.54) is 0 Å². The van der Waals surface area contributed by atoms with Crippen LogP contribution in [0.2, 0.25) is 0 Å². The van der Waals surface area contributed by atoms with Gasteiger partial charge in [0.05, 0.1) is 0 Å². The SMILES string of the molecule is O=P[SiH3].[AlH3]. The van der Waals surface area contributed by atoms with E-state index in [1.54, 1.807) is 0 Å². The summed E-state index contributed by atoms with van der Waals surface area (Å²) in [6.45, 7) is 0. The first-order valence-corrected chi connectivity index (χ1v) is 4.57. The Hall–Kier alpha value is 0.849. The van der Waals surface area contributed by atoms with Gasteiger partial charge in [-0.3, -0.25) is 4.57 Å². The van der Waals surface area contributed by atoms with Crippen LogP contribution >= 0.6 is 8.01 Å². The minimum Gasteiger partial charge on any atom is -0.283 e. The molecule has 0 aromatic rings. The van der Waals surface area contributed by atoms with Crippen LogP contribution < -0.4 is 0 Å². The molecular formula is H6AlOPSi. The summed E-state index contributed by atoms with van der Waals surface area (Å²) < 4.78 is 8.96. The summed E-state index contributed by atoms with van der Waals surface area (Å²) in [7, 11) is 1.09. The molecule has 0 aliphatic carbocycles. The molecule has 4 heteroatoms. The molecule has 1 nitrogen and oxygen atoms in total. The first kappa shape index (κ1) is 8.85. The van der Waals surface area contributed by atoms with E-state index in [0.29, 0.717) is 8.01 Å². The first-order chi connectivity index (χ1) is 1.41. The molecule has 0 saturated heterocycles. The van der Waals surface area contributed by atoms with Crippen LogP contribution in [0.1, 0.15) is 0 Å². The van der Waals surface area contributed by atoms with Gasteiger partial charge in [0.2, 0.25) is 0 Å². The van der Waals surface area contributed by atoms with Crippen molar-refractivity contribution in [1.29, 1.82) is 0 Å². The van der Waals surface area contributed by atoms with Crippen molar-refractivity contribution in [3.05, 3.63) is 0 Å². The molecule has 4 heavy (non-hydrogen) atoms. The van der Waals surface area contributed by atoms with Crippen molar-refractivity contribution in [3.8, 4) is 0 Å². The second-order valence-corrected chi connectivity index (χ2v) is 1.64. The van der Waals surface area contributed by atoms with Gasteiger partial charge >= 0.3 is 0 Å². The second-order valence-electron chi connectivity index (χ2n) is 0.183. The molecule has 0 radical (unpaired) electrons. The maximum Gasteiger partial charge on any atom is 0.187 e. The van der Waals surface area contributed by atoms with Crippen molar-refractivity contribution in [3.63, 3.8) is 0 Å². The van der Waals surface area contributed by atoms with Crippen molar-refractivity contribution >= 4 is 35.3 Å². The highest BCUT2D eigenvalue weighted by atomic mass is 31.3. The predicted molar refractivity (Wildman–Crippen MR) is 27.5 cm³/mol. The van der Waals surface area contributed by atoms with Crippen molar-refractivity contribution in [1.82, 2.24) is 0 Å². The third-order valence-corrected chi connectivity index (χ3v) is 0. The van der Waals surface area contributed by atoms with Crippen LogP contribution in [0, 0.1) is 0 Å². The van der Waals surface area contributed by atoms with E-state index in [0.717, 1.165) is 9.91 Å². The van der Waals surface area contributed by atoms with Crippen LogP contribution in [0.3, 0.4) is 0 Å². The summed E-state index contributed by atoms with van der Waals surface area (Å²) in [5.41, 5.74) is 0. The third-order valence-electron chi connectivity index (χ3n) is 0. The number of hydrogen-bond acceptors (Lipinski definition) is 1. The zero-order valence-corrected chi connectivity index (χ0v) is 4.75. The predicted octanol–water partition coefficient (Wildman–Crippen LogP) is -1.63. The van der Waals surface area contributed by atoms with E-state index in [9.17, 15) is 0 Å². The van der Waals surface area contributed by atoms with Crippen LogP contribution in [0.5, 0.6) is 0 Å². The molecule has 24 valence electrons. The molecule has 0 saturated carbocycles. The number of hydrogen-bond donors (Lipinski definition) is 0. The maximum absolute atomic E-state index is 8.96. The van der Waals surface area contributed by atoms with E-state index in [4.69, 9.17) is 4.57 Å². The van der Waals surface area contributed by atoms with Crippen LogP contribution in [-0.4, -0.2) is 27.3 Å². The standard InChI is InChI=1S/Al.H3OPSi.3H/c;1-2-3;;;/h;3H3;;;. The lowest BCUT2D eigenvalue weighted by molar-refractivity contribution is 0.605. The average molecular weight is 108 g/mol. The van der Waals surface area contributed by atoms with Crippen molar-refractivity contribution in [2.24, 2.45) is 0 Å². The smallest absolute Gasteiger partial charge is 0.187 e. The topological polar surface area (TPSA) is 17.1 Å². The van der Waals surface area contributed by atoms with Gasteiger partial charge in [-0.2, -0.15) is 0 Å². The zero-order chi connectivity index (χ0) is 2.71. The highest BCUT2D eigenvalue weighted by molar-refractivity contribution is 7.55. The lowest BCUT2D eigenvalue weighted by Gasteiger charge is -1.20. The molecule has 0 amide bonds. The Morgan fingerprint density at radius 3 is 1.75 bits per heavy atom.